The highest BCUT2D eigenvalue weighted by Crippen LogP contribution is 2.11. The highest BCUT2D eigenvalue weighted by molar-refractivity contribution is 7.89. The van der Waals surface area contributed by atoms with E-state index in [0.29, 0.717) is 25.9 Å². The third kappa shape index (κ3) is 3.01. The second kappa shape index (κ2) is 6.36. The van der Waals surface area contributed by atoms with Gasteiger partial charge in [-0.1, -0.05) is 13.8 Å². The molecule has 1 aromatic heterocycles. The van der Waals surface area contributed by atoms with Gasteiger partial charge in [0.1, 0.15) is 0 Å². The summed E-state index contributed by atoms with van der Waals surface area (Å²) >= 11 is 0. The maximum absolute atomic E-state index is 12.5. The van der Waals surface area contributed by atoms with E-state index in [4.69, 9.17) is 0 Å². The molecule has 0 aliphatic carbocycles. The molecule has 0 amide bonds. The van der Waals surface area contributed by atoms with E-state index in [2.05, 4.69) is 0 Å². The molecule has 0 aromatic carbocycles. The molecule has 0 radical (unpaired) electrons. The molecule has 8 heteroatoms. The van der Waals surface area contributed by atoms with Crippen molar-refractivity contribution in [2.24, 2.45) is 14.1 Å². The monoisotopic (exact) mass is 303 g/mol. The summed E-state index contributed by atoms with van der Waals surface area (Å²) in [6.07, 6.45) is 2.41. The van der Waals surface area contributed by atoms with E-state index in [1.165, 1.54) is 18.4 Å². The molecule has 0 spiro atoms. The fourth-order valence-corrected chi connectivity index (χ4v) is 3.72. The Morgan fingerprint density at radius 3 is 2.05 bits per heavy atom. The van der Waals surface area contributed by atoms with Gasteiger partial charge < -0.3 is 4.57 Å². The molecule has 0 fully saturated rings. The highest BCUT2D eigenvalue weighted by Gasteiger charge is 2.27. The summed E-state index contributed by atoms with van der Waals surface area (Å²) in [6.45, 7) is 4.44. The number of nitrogens with zero attached hydrogens (tertiary/aromatic N) is 3. The Hall–Kier alpha value is -1.41. The predicted octanol–water partition coefficient (Wildman–Crippen LogP) is -0.105. The minimum atomic E-state index is -3.88. The molecule has 1 heterocycles. The molecule has 0 aliphatic rings. The fraction of sp³-hybridized carbons (Fsp3) is 0.667. The molecular weight excluding hydrogens is 282 g/mol. The van der Waals surface area contributed by atoms with Gasteiger partial charge in [-0.15, -0.1) is 0 Å². The summed E-state index contributed by atoms with van der Waals surface area (Å²) < 4.78 is 28.3. The van der Waals surface area contributed by atoms with Crippen molar-refractivity contribution in [3.8, 4) is 0 Å². The van der Waals surface area contributed by atoms with Gasteiger partial charge >= 0.3 is 5.69 Å². The zero-order chi connectivity index (χ0) is 15.5. The van der Waals surface area contributed by atoms with Crippen molar-refractivity contribution in [2.45, 2.75) is 31.6 Å². The van der Waals surface area contributed by atoms with Crippen molar-refractivity contribution in [1.82, 2.24) is 13.4 Å². The molecule has 0 bridgehead atoms. The molecule has 7 nitrogen and oxygen atoms in total. The second-order valence-electron chi connectivity index (χ2n) is 4.66. The van der Waals surface area contributed by atoms with Crippen LogP contribution in [0, 0.1) is 0 Å². The van der Waals surface area contributed by atoms with Gasteiger partial charge in [0.15, 0.2) is 4.90 Å². The lowest BCUT2D eigenvalue weighted by Gasteiger charge is -2.21. The summed E-state index contributed by atoms with van der Waals surface area (Å²) in [4.78, 5) is 23.3. The van der Waals surface area contributed by atoms with Crippen molar-refractivity contribution in [1.29, 1.82) is 0 Å². The number of aromatic nitrogens is 2. The van der Waals surface area contributed by atoms with Crippen LogP contribution in [-0.4, -0.2) is 34.9 Å². The fourth-order valence-electron chi connectivity index (χ4n) is 1.94. The standard InChI is InChI=1S/C12H21N3O4S/c1-5-7-15(8-6-2)20(18,19)10-9-13(3)12(17)14(4)11(10)16/h9H,5-8H2,1-4H3. The van der Waals surface area contributed by atoms with Gasteiger partial charge in [0.05, 0.1) is 0 Å². The van der Waals surface area contributed by atoms with Gasteiger partial charge in [-0.05, 0) is 12.8 Å². The Bertz CT molecular complexity index is 682. The van der Waals surface area contributed by atoms with E-state index in [9.17, 15) is 18.0 Å². The van der Waals surface area contributed by atoms with Crippen LogP contribution in [0.3, 0.4) is 0 Å². The summed E-state index contributed by atoms with van der Waals surface area (Å²) in [5.41, 5.74) is -1.34. The Morgan fingerprint density at radius 1 is 1.10 bits per heavy atom. The van der Waals surface area contributed by atoms with Crippen molar-refractivity contribution < 1.29 is 8.42 Å². The minimum absolute atomic E-state index is 0.349. The van der Waals surface area contributed by atoms with Gasteiger partial charge in [-0.2, -0.15) is 4.31 Å². The van der Waals surface area contributed by atoms with Crippen molar-refractivity contribution in [3.63, 3.8) is 0 Å². The van der Waals surface area contributed by atoms with E-state index in [1.807, 2.05) is 13.8 Å². The maximum Gasteiger partial charge on any atom is 0.330 e. The van der Waals surface area contributed by atoms with Crippen molar-refractivity contribution in [3.05, 3.63) is 27.0 Å². The highest BCUT2D eigenvalue weighted by atomic mass is 32.2. The first-order valence-electron chi connectivity index (χ1n) is 6.54. The number of hydrogen-bond donors (Lipinski definition) is 0. The van der Waals surface area contributed by atoms with Crippen LogP contribution in [0.2, 0.25) is 0 Å². The average Bonchev–Trinajstić information content (AvgIpc) is 2.40. The van der Waals surface area contributed by atoms with Crippen LogP contribution in [-0.2, 0) is 24.1 Å². The van der Waals surface area contributed by atoms with Gasteiger partial charge in [0, 0.05) is 33.4 Å². The number of hydrogen-bond acceptors (Lipinski definition) is 4. The lowest BCUT2D eigenvalue weighted by molar-refractivity contribution is 0.407. The van der Waals surface area contributed by atoms with Gasteiger partial charge in [0.25, 0.3) is 5.56 Å². The van der Waals surface area contributed by atoms with Crippen LogP contribution < -0.4 is 11.2 Å². The van der Waals surface area contributed by atoms with Crippen molar-refractivity contribution in [2.75, 3.05) is 13.1 Å². The summed E-state index contributed by atoms with van der Waals surface area (Å²) in [7, 11) is -1.18. The Balaban J connectivity index is 3.50. The first kappa shape index (κ1) is 16.6. The molecule has 0 N–H and O–H groups in total. The summed E-state index contributed by atoms with van der Waals surface area (Å²) in [6, 6.07) is 0. The third-order valence-corrected chi connectivity index (χ3v) is 4.86. The van der Waals surface area contributed by atoms with Crippen LogP contribution in [0.5, 0.6) is 0 Å². The molecule has 20 heavy (non-hydrogen) atoms. The molecule has 0 saturated heterocycles. The normalized spacial score (nSPS) is 12.1. The van der Waals surface area contributed by atoms with Crippen LogP contribution in [0.1, 0.15) is 26.7 Å². The first-order valence-corrected chi connectivity index (χ1v) is 7.98. The van der Waals surface area contributed by atoms with Crippen LogP contribution in [0.25, 0.3) is 0 Å². The number of sulfonamides is 1. The topological polar surface area (TPSA) is 81.4 Å². The largest absolute Gasteiger partial charge is 0.330 e. The molecule has 0 unspecified atom stereocenters. The van der Waals surface area contributed by atoms with E-state index < -0.39 is 21.3 Å². The smallest absolute Gasteiger partial charge is 0.302 e. The molecular formula is C12H21N3O4S. The zero-order valence-electron chi connectivity index (χ0n) is 12.3. The zero-order valence-corrected chi connectivity index (χ0v) is 13.1. The quantitative estimate of drug-likeness (QED) is 0.734. The van der Waals surface area contributed by atoms with Gasteiger partial charge in [-0.3, -0.25) is 9.36 Å². The average molecular weight is 303 g/mol. The number of aryl methyl sites for hydroxylation is 1. The number of rotatable bonds is 6. The Kier molecular flexibility index (Phi) is 5.29. The molecule has 1 rings (SSSR count). The van der Waals surface area contributed by atoms with E-state index in [-0.39, 0.29) is 4.90 Å². The summed E-state index contributed by atoms with van der Waals surface area (Å²) in [5, 5.41) is 0. The van der Waals surface area contributed by atoms with Crippen LogP contribution >= 0.6 is 0 Å². The molecule has 0 atom stereocenters. The lowest BCUT2D eigenvalue weighted by Crippen LogP contribution is -2.43. The van der Waals surface area contributed by atoms with E-state index in [0.717, 1.165) is 15.3 Å². The third-order valence-electron chi connectivity index (χ3n) is 2.98. The molecule has 0 aliphatic heterocycles. The van der Waals surface area contributed by atoms with E-state index >= 15 is 0 Å². The van der Waals surface area contributed by atoms with Crippen LogP contribution in [0.4, 0.5) is 0 Å². The minimum Gasteiger partial charge on any atom is -0.302 e. The van der Waals surface area contributed by atoms with Gasteiger partial charge in [-0.25, -0.2) is 13.2 Å². The van der Waals surface area contributed by atoms with Gasteiger partial charge in [0.2, 0.25) is 10.0 Å². The molecule has 1 aromatic rings. The first-order chi connectivity index (χ1) is 9.27. The predicted molar refractivity (Wildman–Crippen MR) is 76.3 cm³/mol. The SMILES string of the molecule is CCCN(CCC)S(=O)(=O)c1cn(C)c(=O)n(C)c1=O. The maximum atomic E-state index is 12.5. The Labute approximate surface area is 118 Å². The second-order valence-corrected chi connectivity index (χ2v) is 6.56. The summed E-state index contributed by atoms with van der Waals surface area (Å²) in [5.74, 6) is 0. The van der Waals surface area contributed by atoms with Crippen LogP contribution in [0.15, 0.2) is 20.7 Å². The lowest BCUT2D eigenvalue weighted by atomic mass is 10.4. The molecule has 114 valence electrons. The van der Waals surface area contributed by atoms with Crippen molar-refractivity contribution >= 4 is 10.0 Å². The molecule has 0 saturated carbocycles. The Morgan fingerprint density at radius 2 is 1.60 bits per heavy atom. The van der Waals surface area contributed by atoms with E-state index in [1.54, 1.807) is 0 Å².